The van der Waals surface area contributed by atoms with Gasteiger partial charge in [0.25, 0.3) is 0 Å². The van der Waals surface area contributed by atoms with E-state index >= 15 is 0 Å². The van der Waals surface area contributed by atoms with Gasteiger partial charge >= 0.3 is 5.97 Å². The van der Waals surface area contributed by atoms with Crippen LogP contribution in [-0.2, 0) is 4.79 Å². The van der Waals surface area contributed by atoms with Crippen molar-refractivity contribution in [2.45, 2.75) is 206 Å². The van der Waals surface area contributed by atoms with Gasteiger partial charge in [-0.15, -0.1) is 0 Å². The van der Waals surface area contributed by atoms with E-state index in [0.717, 1.165) is 38.1 Å². The summed E-state index contributed by atoms with van der Waals surface area (Å²) < 4.78 is 0. The van der Waals surface area contributed by atoms with E-state index in [0.29, 0.717) is 0 Å². The molecular formula is C37H75NO2S. The molecule has 0 rings (SSSR count). The zero-order chi connectivity index (χ0) is 30.1. The van der Waals surface area contributed by atoms with Gasteiger partial charge in [0.05, 0.1) is 0 Å². The minimum absolute atomic E-state index is 0.300. The fraction of sp³-hybridized carbons (Fsp3) is 0.973. The van der Waals surface area contributed by atoms with Crippen molar-refractivity contribution in [3.63, 3.8) is 0 Å². The number of rotatable bonds is 35. The van der Waals surface area contributed by atoms with E-state index in [1.165, 1.54) is 167 Å². The fourth-order valence-corrected chi connectivity index (χ4v) is 6.59. The summed E-state index contributed by atoms with van der Waals surface area (Å²) in [6.07, 6.45) is 41.2. The lowest BCUT2D eigenvalue weighted by Gasteiger charge is -2.29. The highest BCUT2D eigenvalue weighted by atomic mass is 32.2. The summed E-state index contributed by atoms with van der Waals surface area (Å²) in [6, 6.07) is -0.300. The van der Waals surface area contributed by atoms with Crippen LogP contribution in [0.15, 0.2) is 0 Å². The number of carboxylic acids is 1. The molecule has 0 aromatic carbocycles. The van der Waals surface area contributed by atoms with Crippen LogP contribution in [0, 0.1) is 0 Å². The Bertz CT molecular complexity index is 483. The molecule has 0 radical (unpaired) electrons. The molecule has 0 aliphatic carbocycles. The average Bonchev–Trinajstić information content (AvgIpc) is 2.97. The number of nitrogens with zero attached hydrogens (tertiary/aromatic N) is 1. The molecular weight excluding hydrogens is 522 g/mol. The zero-order valence-electron chi connectivity index (χ0n) is 28.4. The SMILES string of the molecule is CCCCCCCCCCCCCCCCN(CCCCCCCCCCCCCCCC)C(CCSC)C(=O)O. The molecule has 4 heteroatoms. The second-order valence-electron chi connectivity index (χ2n) is 12.9. The molecule has 0 aromatic heterocycles. The number of thioether (sulfide) groups is 1. The normalized spacial score (nSPS) is 12.4. The Hall–Kier alpha value is -0.220. The van der Waals surface area contributed by atoms with Crippen LogP contribution in [-0.4, -0.2) is 47.1 Å². The molecule has 0 spiro atoms. The third-order valence-electron chi connectivity index (χ3n) is 8.92. The van der Waals surface area contributed by atoms with E-state index in [-0.39, 0.29) is 6.04 Å². The maximum atomic E-state index is 12.1. The second-order valence-corrected chi connectivity index (χ2v) is 13.8. The summed E-state index contributed by atoms with van der Waals surface area (Å²) in [5, 5.41) is 9.95. The van der Waals surface area contributed by atoms with Crippen molar-refractivity contribution in [3.8, 4) is 0 Å². The molecule has 0 aliphatic rings. The molecule has 0 heterocycles. The number of carbonyl (C=O) groups is 1. The maximum absolute atomic E-state index is 12.1. The molecule has 41 heavy (non-hydrogen) atoms. The molecule has 0 saturated carbocycles. The van der Waals surface area contributed by atoms with E-state index in [1.54, 1.807) is 11.8 Å². The summed E-state index contributed by atoms with van der Waals surface area (Å²) in [7, 11) is 0. The van der Waals surface area contributed by atoms with Crippen molar-refractivity contribution in [2.75, 3.05) is 25.1 Å². The summed E-state index contributed by atoms with van der Waals surface area (Å²) in [4.78, 5) is 14.4. The largest absolute Gasteiger partial charge is 0.480 e. The molecule has 0 amide bonds. The third-order valence-corrected chi connectivity index (χ3v) is 9.56. The maximum Gasteiger partial charge on any atom is 0.320 e. The lowest BCUT2D eigenvalue weighted by Crippen LogP contribution is -2.42. The fourth-order valence-electron chi connectivity index (χ4n) is 6.13. The van der Waals surface area contributed by atoms with Crippen LogP contribution in [0.25, 0.3) is 0 Å². The third kappa shape index (κ3) is 29.6. The summed E-state index contributed by atoms with van der Waals surface area (Å²) in [6.45, 7) is 6.50. The smallest absolute Gasteiger partial charge is 0.320 e. The number of hydrogen-bond acceptors (Lipinski definition) is 3. The van der Waals surface area contributed by atoms with Crippen LogP contribution in [0.3, 0.4) is 0 Å². The van der Waals surface area contributed by atoms with Gasteiger partial charge in [0.2, 0.25) is 0 Å². The van der Waals surface area contributed by atoms with Crippen LogP contribution in [0.1, 0.15) is 200 Å². The van der Waals surface area contributed by atoms with Crippen molar-refractivity contribution in [1.82, 2.24) is 4.90 Å². The van der Waals surface area contributed by atoms with Gasteiger partial charge in [0, 0.05) is 0 Å². The number of unbranched alkanes of at least 4 members (excludes halogenated alkanes) is 26. The molecule has 0 bridgehead atoms. The predicted octanol–water partition coefficient (Wildman–Crippen LogP) is 12.5. The summed E-state index contributed by atoms with van der Waals surface area (Å²) in [5.41, 5.74) is 0. The van der Waals surface area contributed by atoms with Crippen molar-refractivity contribution in [2.24, 2.45) is 0 Å². The van der Waals surface area contributed by atoms with Gasteiger partial charge in [-0.05, 0) is 44.4 Å². The topological polar surface area (TPSA) is 40.5 Å². The van der Waals surface area contributed by atoms with Gasteiger partial charge < -0.3 is 5.11 Å². The minimum atomic E-state index is -0.616. The quantitative estimate of drug-likeness (QED) is 0.0738. The molecule has 1 atom stereocenters. The molecule has 0 aliphatic heterocycles. The Morgan fingerprint density at radius 1 is 0.512 bits per heavy atom. The Morgan fingerprint density at radius 3 is 1.02 bits per heavy atom. The average molecular weight is 598 g/mol. The molecule has 1 N–H and O–H groups in total. The van der Waals surface area contributed by atoms with Gasteiger partial charge in [-0.1, -0.05) is 181 Å². The van der Waals surface area contributed by atoms with Crippen LogP contribution in [0.2, 0.25) is 0 Å². The zero-order valence-corrected chi connectivity index (χ0v) is 29.2. The molecule has 0 saturated heterocycles. The highest BCUT2D eigenvalue weighted by molar-refractivity contribution is 7.98. The molecule has 3 nitrogen and oxygen atoms in total. The summed E-state index contributed by atoms with van der Waals surface area (Å²) >= 11 is 1.77. The van der Waals surface area contributed by atoms with Crippen molar-refractivity contribution in [1.29, 1.82) is 0 Å². The first-order valence-electron chi connectivity index (χ1n) is 18.6. The first-order chi connectivity index (χ1) is 20.2. The van der Waals surface area contributed by atoms with Crippen LogP contribution >= 0.6 is 11.8 Å². The Balaban J connectivity index is 3.95. The predicted molar refractivity (Wildman–Crippen MR) is 187 cm³/mol. The molecule has 0 aromatic rings. The Labute approximate surface area is 263 Å². The van der Waals surface area contributed by atoms with Crippen molar-refractivity contribution < 1.29 is 9.90 Å². The summed E-state index contributed by atoms with van der Waals surface area (Å²) in [5.74, 6) is 0.320. The molecule has 246 valence electrons. The van der Waals surface area contributed by atoms with E-state index in [4.69, 9.17) is 0 Å². The lowest BCUT2D eigenvalue weighted by atomic mass is 10.0. The second kappa shape index (κ2) is 34.3. The highest BCUT2D eigenvalue weighted by Crippen LogP contribution is 2.17. The Morgan fingerprint density at radius 2 is 0.780 bits per heavy atom. The number of aliphatic carboxylic acids is 1. The first-order valence-corrected chi connectivity index (χ1v) is 20.0. The molecule has 1 unspecified atom stereocenters. The van der Waals surface area contributed by atoms with E-state index in [9.17, 15) is 9.90 Å². The van der Waals surface area contributed by atoms with Crippen LogP contribution in [0.5, 0.6) is 0 Å². The lowest BCUT2D eigenvalue weighted by molar-refractivity contribution is -0.143. The first kappa shape index (κ1) is 40.8. The van der Waals surface area contributed by atoms with Crippen LogP contribution < -0.4 is 0 Å². The number of hydrogen-bond donors (Lipinski definition) is 1. The van der Waals surface area contributed by atoms with Crippen molar-refractivity contribution >= 4 is 17.7 Å². The Kier molecular flexibility index (Phi) is 34.1. The van der Waals surface area contributed by atoms with Gasteiger partial charge in [-0.2, -0.15) is 11.8 Å². The molecule has 0 fully saturated rings. The van der Waals surface area contributed by atoms with Crippen molar-refractivity contribution in [3.05, 3.63) is 0 Å². The van der Waals surface area contributed by atoms with Gasteiger partial charge in [0.15, 0.2) is 0 Å². The van der Waals surface area contributed by atoms with Gasteiger partial charge in [0.1, 0.15) is 6.04 Å². The van der Waals surface area contributed by atoms with Gasteiger partial charge in [-0.3, -0.25) is 9.69 Å². The number of carboxylic acid groups (broad SMARTS) is 1. The standard InChI is InChI=1S/C37H75NO2S/c1-4-6-8-10-12-14-16-18-20-22-24-26-28-30-33-38(36(37(39)40)32-35-41-3)34-31-29-27-25-23-21-19-17-15-13-11-9-7-5-2/h36H,4-35H2,1-3H3,(H,39,40). The highest BCUT2D eigenvalue weighted by Gasteiger charge is 2.24. The monoisotopic (exact) mass is 598 g/mol. The van der Waals surface area contributed by atoms with E-state index < -0.39 is 5.97 Å². The van der Waals surface area contributed by atoms with Gasteiger partial charge in [-0.25, -0.2) is 0 Å². The van der Waals surface area contributed by atoms with E-state index in [2.05, 4.69) is 25.0 Å². The minimum Gasteiger partial charge on any atom is -0.480 e. The van der Waals surface area contributed by atoms with Crippen LogP contribution in [0.4, 0.5) is 0 Å². The van der Waals surface area contributed by atoms with E-state index in [1.807, 2.05) is 0 Å².